The fourth-order valence-corrected chi connectivity index (χ4v) is 6.32. The Balaban J connectivity index is 1.49. The number of carbonyl (C=O) groups excluding carboxylic acids is 1. The van der Waals surface area contributed by atoms with Crippen LogP contribution < -0.4 is 14.5 Å². The van der Waals surface area contributed by atoms with Crippen molar-refractivity contribution in [1.29, 1.82) is 0 Å². The van der Waals surface area contributed by atoms with E-state index in [1.807, 2.05) is 12.1 Å². The van der Waals surface area contributed by atoms with Crippen LogP contribution in [0, 0.1) is 0 Å². The summed E-state index contributed by atoms with van der Waals surface area (Å²) in [6.45, 7) is 13.0. The molecule has 0 aromatic heterocycles. The van der Waals surface area contributed by atoms with E-state index >= 15 is 0 Å². The highest BCUT2D eigenvalue weighted by Gasteiger charge is 2.29. The first-order valence-electron chi connectivity index (χ1n) is 14.0. The maximum absolute atomic E-state index is 13.6. The molecule has 9 heteroatoms. The zero-order valence-electron chi connectivity index (χ0n) is 24.6. The van der Waals surface area contributed by atoms with Crippen molar-refractivity contribution in [2.24, 2.45) is 0 Å². The van der Waals surface area contributed by atoms with Gasteiger partial charge in [-0.2, -0.15) is 0 Å². The van der Waals surface area contributed by atoms with Crippen LogP contribution >= 0.6 is 0 Å². The summed E-state index contributed by atoms with van der Waals surface area (Å²) >= 11 is 0. The number of phenolic OH excluding ortho intramolecular Hbond substituents is 1. The quantitative estimate of drug-likeness (QED) is 0.386. The predicted molar refractivity (Wildman–Crippen MR) is 165 cm³/mol. The topological polar surface area (TPSA) is 99.2 Å². The van der Waals surface area contributed by atoms with E-state index in [2.05, 4.69) is 68.5 Å². The van der Waals surface area contributed by atoms with Gasteiger partial charge in [0.1, 0.15) is 5.75 Å². The molecule has 1 fully saturated rings. The molecule has 41 heavy (non-hydrogen) atoms. The maximum Gasteiger partial charge on any atom is 0.258 e. The van der Waals surface area contributed by atoms with Gasteiger partial charge < -0.3 is 19.6 Å². The molecule has 3 aromatic rings. The van der Waals surface area contributed by atoms with Gasteiger partial charge in [0.05, 0.1) is 24.2 Å². The summed E-state index contributed by atoms with van der Waals surface area (Å²) in [7, 11) is -3.59. The Bertz CT molecular complexity index is 1590. The molecule has 2 N–H and O–H groups in total. The molecule has 0 radical (unpaired) electrons. The number of benzene rings is 3. The van der Waals surface area contributed by atoms with Crippen LogP contribution in [0.3, 0.4) is 0 Å². The second-order valence-corrected chi connectivity index (χ2v) is 14.0. The van der Waals surface area contributed by atoms with Gasteiger partial charge in [-0.1, -0.05) is 45.0 Å². The van der Waals surface area contributed by atoms with Crippen molar-refractivity contribution in [2.75, 3.05) is 40.4 Å². The van der Waals surface area contributed by atoms with Crippen LogP contribution in [0.5, 0.6) is 5.75 Å². The molecule has 3 aromatic carbocycles. The van der Waals surface area contributed by atoms with Crippen molar-refractivity contribution in [2.45, 2.75) is 58.7 Å². The average Bonchev–Trinajstić information content (AvgIpc) is 2.88. The fourth-order valence-electron chi connectivity index (χ4n) is 5.75. The highest BCUT2D eigenvalue weighted by Crippen LogP contribution is 2.39. The Morgan fingerprint density at radius 1 is 0.951 bits per heavy atom. The number of hydrogen-bond donors (Lipinski definition) is 2. The molecule has 1 amide bonds. The zero-order valence-corrected chi connectivity index (χ0v) is 25.4. The summed E-state index contributed by atoms with van der Waals surface area (Å²) in [5, 5.41) is 10.1. The monoisotopic (exact) mass is 577 g/mol. The Morgan fingerprint density at radius 3 is 2.29 bits per heavy atom. The van der Waals surface area contributed by atoms with Gasteiger partial charge in [-0.05, 0) is 72.7 Å². The summed E-state index contributed by atoms with van der Waals surface area (Å²) < 4.78 is 31.8. The first kappa shape index (κ1) is 29.0. The third kappa shape index (κ3) is 6.21. The Hall–Kier alpha value is -3.56. The number of anilines is 3. The number of ether oxygens (including phenoxy) is 1. The van der Waals surface area contributed by atoms with Crippen LogP contribution in [-0.2, 0) is 26.6 Å². The first-order valence-corrected chi connectivity index (χ1v) is 15.9. The van der Waals surface area contributed by atoms with E-state index in [0.717, 1.165) is 36.0 Å². The Morgan fingerprint density at radius 2 is 1.63 bits per heavy atom. The van der Waals surface area contributed by atoms with Crippen molar-refractivity contribution >= 4 is 33.0 Å². The van der Waals surface area contributed by atoms with Gasteiger partial charge in [0, 0.05) is 42.1 Å². The largest absolute Gasteiger partial charge is 0.506 e. The molecule has 2 aliphatic rings. The average molecular weight is 578 g/mol. The molecule has 2 atom stereocenters. The summed E-state index contributed by atoms with van der Waals surface area (Å²) in [4.78, 5) is 17.6. The van der Waals surface area contributed by atoms with Crippen molar-refractivity contribution in [3.8, 4) is 16.9 Å². The van der Waals surface area contributed by atoms with Gasteiger partial charge in [-0.3, -0.25) is 9.52 Å². The lowest BCUT2D eigenvalue weighted by molar-refractivity contribution is -0.00519. The van der Waals surface area contributed by atoms with E-state index in [1.54, 1.807) is 11.0 Å². The van der Waals surface area contributed by atoms with E-state index in [9.17, 15) is 18.3 Å². The summed E-state index contributed by atoms with van der Waals surface area (Å²) in [6, 6.07) is 17.2. The van der Waals surface area contributed by atoms with Crippen LogP contribution in [0.15, 0.2) is 54.6 Å². The molecule has 0 bridgehead atoms. The van der Waals surface area contributed by atoms with Crippen LogP contribution in [0.2, 0.25) is 0 Å². The molecular formula is C32H39N3O5S. The lowest BCUT2D eigenvalue weighted by Gasteiger charge is -2.38. The van der Waals surface area contributed by atoms with Gasteiger partial charge in [-0.15, -0.1) is 0 Å². The number of rotatable bonds is 5. The summed E-state index contributed by atoms with van der Waals surface area (Å²) in [5.41, 5.74) is 6.81. The lowest BCUT2D eigenvalue weighted by atomic mass is 9.84. The number of sulfonamides is 1. The SMILES string of the molecule is C[C@@H]1CN(c2cc(C(C)(C)C)ccc2-c2ccc3c(c2)CCN(c2ccc(O)c(NS(C)(=O)=O)c2)C3=O)C[C@@H](C)O1. The number of hydrogen-bond acceptors (Lipinski definition) is 6. The third-order valence-corrected chi connectivity index (χ3v) is 8.30. The molecule has 0 saturated carbocycles. The number of carbonyl (C=O) groups is 1. The molecular weight excluding hydrogens is 538 g/mol. The van der Waals surface area contributed by atoms with E-state index in [1.165, 1.54) is 23.4 Å². The Kier molecular flexibility index (Phi) is 7.55. The highest BCUT2D eigenvalue weighted by molar-refractivity contribution is 7.92. The second-order valence-electron chi connectivity index (χ2n) is 12.3. The van der Waals surface area contributed by atoms with Crippen LogP contribution in [0.4, 0.5) is 17.1 Å². The van der Waals surface area contributed by atoms with Crippen molar-refractivity contribution in [3.05, 3.63) is 71.3 Å². The van der Waals surface area contributed by atoms with Gasteiger partial charge in [0.25, 0.3) is 5.91 Å². The maximum atomic E-state index is 13.6. The lowest BCUT2D eigenvalue weighted by Crippen LogP contribution is -2.45. The van der Waals surface area contributed by atoms with E-state index in [-0.39, 0.29) is 35.0 Å². The zero-order chi connectivity index (χ0) is 29.7. The van der Waals surface area contributed by atoms with Crippen molar-refractivity contribution in [3.63, 3.8) is 0 Å². The molecule has 0 spiro atoms. The van der Waals surface area contributed by atoms with Crippen LogP contribution in [0.25, 0.3) is 11.1 Å². The minimum atomic E-state index is -3.59. The smallest absolute Gasteiger partial charge is 0.258 e. The number of fused-ring (bicyclic) bond motifs is 1. The molecule has 2 heterocycles. The number of amides is 1. The minimum absolute atomic E-state index is 0.00740. The Labute approximate surface area is 243 Å². The van der Waals surface area contributed by atoms with Gasteiger partial charge in [0.15, 0.2) is 0 Å². The van der Waals surface area contributed by atoms with Gasteiger partial charge in [0.2, 0.25) is 10.0 Å². The molecule has 218 valence electrons. The first-order chi connectivity index (χ1) is 19.2. The fraction of sp³-hybridized carbons (Fsp3) is 0.406. The summed E-state index contributed by atoms with van der Waals surface area (Å²) in [6.07, 6.45) is 1.92. The number of nitrogens with zero attached hydrogens (tertiary/aromatic N) is 2. The predicted octanol–water partition coefficient (Wildman–Crippen LogP) is 5.54. The molecule has 8 nitrogen and oxygen atoms in total. The van der Waals surface area contributed by atoms with Crippen molar-refractivity contribution in [1.82, 2.24) is 0 Å². The molecule has 2 aliphatic heterocycles. The van der Waals surface area contributed by atoms with Crippen LogP contribution in [-0.4, -0.2) is 57.5 Å². The minimum Gasteiger partial charge on any atom is -0.506 e. The molecule has 0 unspecified atom stereocenters. The standard InChI is InChI=1S/C32H39N3O5S/c1-20-18-34(19-21(2)40-20)29-16-24(32(3,4)5)8-11-26(29)22-7-10-27-23(15-22)13-14-35(31(27)37)25-9-12-30(36)28(17-25)33-41(6,38)39/h7-12,15-17,20-21,33,36H,13-14,18-19H2,1-6H3/t20-,21-/m1/s1. The van der Waals surface area contributed by atoms with E-state index < -0.39 is 10.0 Å². The third-order valence-electron chi connectivity index (χ3n) is 7.71. The van der Waals surface area contributed by atoms with Gasteiger partial charge in [-0.25, -0.2) is 8.42 Å². The highest BCUT2D eigenvalue weighted by atomic mass is 32.2. The summed E-state index contributed by atoms with van der Waals surface area (Å²) in [5.74, 6) is -0.362. The number of phenols is 1. The number of morpholine rings is 1. The van der Waals surface area contributed by atoms with E-state index in [4.69, 9.17) is 4.74 Å². The van der Waals surface area contributed by atoms with E-state index in [0.29, 0.717) is 24.2 Å². The normalized spacial score (nSPS) is 19.7. The second kappa shape index (κ2) is 10.7. The molecule has 0 aliphatic carbocycles. The van der Waals surface area contributed by atoms with Gasteiger partial charge >= 0.3 is 0 Å². The van der Waals surface area contributed by atoms with Crippen molar-refractivity contribution < 1.29 is 23.1 Å². The van der Waals surface area contributed by atoms with Crippen LogP contribution in [0.1, 0.15) is 56.1 Å². The number of nitrogens with one attached hydrogen (secondary N) is 1. The molecule has 1 saturated heterocycles. The number of aromatic hydroxyl groups is 1. The molecule has 5 rings (SSSR count).